The molecule has 0 radical (unpaired) electrons. The molecule has 1 aliphatic rings. The van der Waals surface area contributed by atoms with E-state index < -0.39 is 11.5 Å². The van der Waals surface area contributed by atoms with E-state index in [1.54, 1.807) is 0 Å². The Kier molecular flexibility index (Phi) is 3.80. The monoisotopic (exact) mass is 263 g/mol. The van der Waals surface area contributed by atoms with Crippen molar-refractivity contribution in [3.05, 3.63) is 29.3 Å². The van der Waals surface area contributed by atoms with E-state index in [0.29, 0.717) is 0 Å². The molecule has 0 amide bonds. The van der Waals surface area contributed by atoms with E-state index in [-0.39, 0.29) is 12.5 Å². The van der Waals surface area contributed by atoms with Crippen molar-refractivity contribution >= 4 is 5.97 Å². The van der Waals surface area contributed by atoms with Crippen LogP contribution in [-0.2, 0) is 17.6 Å². The predicted molar refractivity (Wildman–Crippen MR) is 73.4 cm³/mol. The smallest absolute Gasteiger partial charge is 0.323 e. The standard InChI is InChI=1S/C15H21NO3/c1-10(9-15(2,16)14(17)18)19-13-7-6-11-4-3-5-12(11)8-13/h6-8,10H,3-5,9,16H2,1-2H3,(H,17,18). The van der Waals surface area contributed by atoms with Gasteiger partial charge in [0.2, 0.25) is 0 Å². The number of hydrogen-bond acceptors (Lipinski definition) is 3. The van der Waals surface area contributed by atoms with Crippen molar-refractivity contribution in [1.82, 2.24) is 0 Å². The molecule has 0 saturated carbocycles. The molecule has 104 valence electrons. The van der Waals surface area contributed by atoms with Gasteiger partial charge in [0.1, 0.15) is 11.3 Å². The molecule has 2 rings (SSSR count). The molecule has 1 aromatic rings. The lowest BCUT2D eigenvalue weighted by Crippen LogP contribution is -2.47. The minimum atomic E-state index is -1.25. The van der Waals surface area contributed by atoms with Crippen molar-refractivity contribution < 1.29 is 14.6 Å². The quantitative estimate of drug-likeness (QED) is 0.853. The molecule has 0 bridgehead atoms. The van der Waals surface area contributed by atoms with Crippen molar-refractivity contribution in [3.63, 3.8) is 0 Å². The Bertz CT molecular complexity index is 482. The Hall–Kier alpha value is -1.55. The van der Waals surface area contributed by atoms with Gasteiger partial charge >= 0.3 is 5.97 Å². The first-order chi connectivity index (χ1) is 8.88. The minimum Gasteiger partial charge on any atom is -0.491 e. The molecule has 0 saturated heterocycles. The van der Waals surface area contributed by atoms with Crippen LogP contribution in [0.25, 0.3) is 0 Å². The molecule has 2 unspecified atom stereocenters. The van der Waals surface area contributed by atoms with Crippen molar-refractivity contribution in [3.8, 4) is 5.75 Å². The van der Waals surface area contributed by atoms with E-state index in [2.05, 4.69) is 12.1 Å². The van der Waals surface area contributed by atoms with Gasteiger partial charge in [0.25, 0.3) is 0 Å². The average molecular weight is 263 g/mol. The number of fused-ring (bicyclic) bond motifs is 1. The summed E-state index contributed by atoms with van der Waals surface area (Å²) >= 11 is 0. The largest absolute Gasteiger partial charge is 0.491 e. The number of ether oxygens (including phenoxy) is 1. The summed E-state index contributed by atoms with van der Waals surface area (Å²) in [6.45, 7) is 3.36. The predicted octanol–water partition coefficient (Wildman–Crippen LogP) is 2.13. The zero-order valence-corrected chi connectivity index (χ0v) is 11.5. The first-order valence-corrected chi connectivity index (χ1v) is 6.69. The second kappa shape index (κ2) is 5.21. The molecule has 4 nitrogen and oxygen atoms in total. The van der Waals surface area contributed by atoms with Crippen molar-refractivity contribution in [2.75, 3.05) is 0 Å². The van der Waals surface area contributed by atoms with Gasteiger partial charge in [0, 0.05) is 6.42 Å². The number of carboxylic acids is 1. The van der Waals surface area contributed by atoms with Crippen LogP contribution in [0.3, 0.4) is 0 Å². The van der Waals surface area contributed by atoms with Gasteiger partial charge in [-0.1, -0.05) is 6.07 Å². The molecule has 1 aromatic carbocycles. The first-order valence-electron chi connectivity index (χ1n) is 6.69. The second-order valence-corrected chi connectivity index (χ2v) is 5.64. The Morgan fingerprint density at radius 1 is 1.47 bits per heavy atom. The maximum atomic E-state index is 11.0. The van der Waals surface area contributed by atoms with Crippen LogP contribution < -0.4 is 10.5 Å². The summed E-state index contributed by atoms with van der Waals surface area (Å²) in [5.74, 6) is -0.203. The van der Waals surface area contributed by atoms with Crippen molar-refractivity contribution in [2.45, 2.75) is 51.2 Å². The van der Waals surface area contributed by atoms with Crippen molar-refractivity contribution in [2.24, 2.45) is 5.73 Å². The molecule has 0 heterocycles. The van der Waals surface area contributed by atoms with Gasteiger partial charge < -0.3 is 15.6 Å². The number of carboxylic acid groups (broad SMARTS) is 1. The van der Waals surface area contributed by atoms with Crippen LogP contribution in [0.1, 0.15) is 37.8 Å². The zero-order chi connectivity index (χ0) is 14.0. The Morgan fingerprint density at radius 2 is 2.16 bits per heavy atom. The summed E-state index contributed by atoms with van der Waals surface area (Å²) in [6.07, 6.45) is 3.49. The normalized spacial score (nSPS) is 18.5. The van der Waals surface area contributed by atoms with Gasteiger partial charge in [-0.15, -0.1) is 0 Å². The van der Waals surface area contributed by atoms with E-state index >= 15 is 0 Å². The number of benzene rings is 1. The number of rotatable bonds is 5. The fraction of sp³-hybridized carbons (Fsp3) is 0.533. The van der Waals surface area contributed by atoms with Gasteiger partial charge in [-0.3, -0.25) is 4.79 Å². The van der Waals surface area contributed by atoms with Gasteiger partial charge in [-0.25, -0.2) is 0 Å². The van der Waals surface area contributed by atoms with Crippen LogP contribution in [0.2, 0.25) is 0 Å². The Balaban J connectivity index is 1.99. The SMILES string of the molecule is CC(CC(C)(N)C(=O)O)Oc1ccc2c(c1)CCC2. The molecule has 0 fully saturated rings. The third kappa shape index (κ3) is 3.26. The van der Waals surface area contributed by atoms with Crippen molar-refractivity contribution in [1.29, 1.82) is 0 Å². The van der Waals surface area contributed by atoms with Crippen LogP contribution in [-0.4, -0.2) is 22.7 Å². The Labute approximate surface area is 113 Å². The van der Waals surface area contributed by atoms with Gasteiger partial charge in [0.05, 0.1) is 6.10 Å². The molecule has 0 aromatic heterocycles. The van der Waals surface area contributed by atoms with Crippen LogP contribution in [0.4, 0.5) is 0 Å². The van der Waals surface area contributed by atoms with E-state index in [1.165, 1.54) is 24.5 Å². The number of nitrogens with two attached hydrogens (primary N) is 1. The summed E-state index contributed by atoms with van der Waals surface area (Å²) in [5, 5.41) is 9.00. The highest BCUT2D eigenvalue weighted by Gasteiger charge is 2.30. The minimum absolute atomic E-state index is 0.231. The highest BCUT2D eigenvalue weighted by Crippen LogP contribution is 2.27. The lowest BCUT2D eigenvalue weighted by atomic mass is 9.96. The van der Waals surface area contributed by atoms with Crippen LogP contribution in [0.15, 0.2) is 18.2 Å². The van der Waals surface area contributed by atoms with Crippen LogP contribution in [0, 0.1) is 0 Å². The summed E-state index contributed by atoms with van der Waals surface area (Å²) in [7, 11) is 0. The lowest BCUT2D eigenvalue weighted by Gasteiger charge is -2.24. The molecule has 4 heteroatoms. The number of aryl methyl sites for hydroxylation is 2. The highest BCUT2D eigenvalue weighted by molar-refractivity contribution is 5.77. The van der Waals surface area contributed by atoms with E-state index in [9.17, 15) is 4.79 Å². The van der Waals surface area contributed by atoms with Crippen LogP contribution in [0.5, 0.6) is 5.75 Å². The van der Waals surface area contributed by atoms with E-state index in [1.807, 2.05) is 13.0 Å². The van der Waals surface area contributed by atoms with Gasteiger partial charge in [-0.05, 0) is 56.4 Å². The molecule has 1 aliphatic carbocycles. The maximum absolute atomic E-state index is 11.0. The Morgan fingerprint density at radius 3 is 2.84 bits per heavy atom. The topological polar surface area (TPSA) is 72.6 Å². The zero-order valence-electron chi connectivity index (χ0n) is 11.5. The fourth-order valence-electron chi connectivity index (χ4n) is 2.58. The fourth-order valence-corrected chi connectivity index (χ4v) is 2.58. The molecular formula is C15H21NO3. The van der Waals surface area contributed by atoms with Gasteiger partial charge in [0.15, 0.2) is 0 Å². The molecule has 3 N–H and O–H groups in total. The number of carbonyl (C=O) groups is 1. The molecule has 19 heavy (non-hydrogen) atoms. The molecule has 2 atom stereocenters. The average Bonchev–Trinajstić information content (AvgIpc) is 2.74. The maximum Gasteiger partial charge on any atom is 0.323 e. The second-order valence-electron chi connectivity index (χ2n) is 5.64. The summed E-state index contributed by atoms with van der Waals surface area (Å²) < 4.78 is 5.78. The van der Waals surface area contributed by atoms with E-state index in [4.69, 9.17) is 15.6 Å². The highest BCUT2D eigenvalue weighted by atomic mass is 16.5. The summed E-state index contributed by atoms with van der Waals surface area (Å²) in [5.41, 5.74) is 7.21. The number of hydrogen-bond donors (Lipinski definition) is 2. The van der Waals surface area contributed by atoms with Gasteiger partial charge in [-0.2, -0.15) is 0 Å². The summed E-state index contributed by atoms with van der Waals surface area (Å²) in [4.78, 5) is 11.0. The van der Waals surface area contributed by atoms with E-state index in [0.717, 1.165) is 18.6 Å². The molecular weight excluding hydrogens is 242 g/mol. The lowest BCUT2D eigenvalue weighted by molar-refractivity contribution is -0.143. The summed E-state index contributed by atoms with van der Waals surface area (Å²) in [6, 6.07) is 6.12. The third-order valence-corrected chi connectivity index (χ3v) is 3.61. The first kappa shape index (κ1) is 13.9. The third-order valence-electron chi connectivity index (χ3n) is 3.61. The molecule has 0 aliphatic heterocycles. The van der Waals surface area contributed by atoms with Crippen LogP contribution >= 0.6 is 0 Å². The molecule has 0 spiro atoms. The number of aliphatic carboxylic acids is 1.